The van der Waals surface area contributed by atoms with Crippen molar-refractivity contribution in [1.82, 2.24) is 5.32 Å². The Bertz CT molecular complexity index is 500. The van der Waals surface area contributed by atoms with Crippen molar-refractivity contribution in [2.75, 3.05) is 19.8 Å². The summed E-state index contributed by atoms with van der Waals surface area (Å²) >= 11 is 0. The van der Waals surface area contributed by atoms with Crippen molar-refractivity contribution in [2.24, 2.45) is 11.7 Å². The zero-order valence-electron chi connectivity index (χ0n) is 11.7. The first kappa shape index (κ1) is 15.5. The molecule has 21 heavy (non-hydrogen) atoms. The maximum atomic E-state index is 11.4. The van der Waals surface area contributed by atoms with Crippen molar-refractivity contribution in [1.29, 1.82) is 0 Å². The van der Waals surface area contributed by atoms with Gasteiger partial charge in [0.15, 0.2) is 0 Å². The van der Waals surface area contributed by atoms with Gasteiger partial charge in [0.1, 0.15) is 5.60 Å². The molecular formula is C15H20N2O4. The molecule has 2 amide bonds. The first-order valence-electron chi connectivity index (χ1n) is 6.97. The Balaban J connectivity index is 2.21. The molecule has 2 rings (SSSR count). The van der Waals surface area contributed by atoms with Crippen LogP contribution in [0.4, 0.5) is 0 Å². The van der Waals surface area contributed by atoms with Crippen LogP contribution in [0.1, 0.15) is 18.4 Å². The number of benzene rings is 1. The molecule has 0 radical (unpaired) electrons. The molecule has 114 valence electrons. The third-order valence-electron chi connectivity index (χ3n) is 3.91. The summed E-state index contributed by atoms with van der Waals surface area (Å²) in [5.41, 5.74) is 4.40. The van der Waals surface area contributed by atoms with E-state index < -0.39 is 17.4 Å². The molecule has 1 heterocycles. The van der Waals surface area contributed by atoms with E-state index in [1.807, 2.05) is 30.3 Å². The molecule has 1 aromatic carbocycles. The van der Waals surface area contributed by atoms with Crippen LogP contribution < -0.4 is 11.1 Å². The summed E-state index contributed by atoms with van der Waals surface area (Å²) in [6.07, 6.45) is 1.38. The van der Waals surface area contributed by atoms with Crippen molar-refractivity contribution in [2.45, 2.75) is 18.4 Å². The summed E-state index contributed by atoms with van der Waals surface area (Å²) in [4.78, 5) is 22.2. The Hall–Kier alpha value is -1.92. The highest BCUT2D eigenvalue weighted by Crippen LogP contribution is 2.35. The van der Waals surface area contributed by atoms with E-state index in [0.717, 1.165) is 0 Å². The fourth-order valence-electron chi connectivity index (χ4n) is 2.69. The van der Waals surface area contributed by atoms with Gasteiger partial charge >= 0.3 is 11.8 Å². The largest absolute Gasteiger partial charge is 0.383 e. The minimum atomic E-state index is -1.24. The summed E-state index contributed by atoms with van der Waals surface area (Å²) in [7, 11) is 0. The Labute approximate surface area is 123 Å². The first-order valence-corrected chi connectivity index (χ1v) is 6.97. The highest BCUT2D eigenvalue weighted by molar-refractivity contribution is 6.34. The Kier molecular flexibility index (Phi) is 4.93. The fraction of sp³-hybridized carbons (Fsp3) is 0.467. The van der Waals surface area contributed by atoms with Gasteiger partial charge in [-0.05, 0) is 24.3 Å². The van der Waals surface area contributed by atoms with Crippen molar-refractivity contribution in [3.05, 3.63) is 35.9 Å². The normalized spacial score (nSPS) is 18.7. The minimum Gasteiger partial charge on any atom is -0.383 e. The predicted octanol–water partition coefficient (Wildman–Crippen LogP) is -0.0977. The zero-order chi connectivity index (χ0) is 15.3. The second-order valence-corrected chi connectivity index (χ2v) is 5.22. The van der Waals surface area contributed by atoms with E-state index in [-0.39, 0.29) is 12.5 Å². The molecule has 1 aromatic rings. The molecule has 0 unspecified atom stereocenters. The summed E-state index contributed by atoms with van der Waals surface area (Å²) in [5, 5.41) is 13.5. The molecule has 1 saturated heterocycles. The average Bonchev–Trinajstić information content (AvgIpc) is 2.53. The summed E-state index contributed by atoms with van der Waals surface area (Å²) in [6, 6.07) is 9.14. The Morgan fingerprint density at radius 1 is 1.29 bits per heavy atom. The summed E-state index contributed by atoms with van der Waals surface area (Å²) < 4.78 is 5.32. The third-order valence-corrected chi connectivity index (χ3v) is 3.91. The van der Waals surface area contributed by atoms with Crippen molar-refractivity contribution in [3.63, 3.8) is 0 Å². The fourth-order valence-corrected chi connectivity index (χ4v) is 2.69. The van der Waals surface area contributed by atoms with Gasteiger partial charge in [0.05, 0.1) is 6.54 Å². The highest BCUT2D eigenvalue weighted by atomic mass is 16.5. The van der Waals surface area contributed by atoms with E-state index >= 15 is 0 Å². The number of hydrogen-bond acceptors (Lipinski definition) is 4. The van der Waals surface area contributed by atoms with Crippen molar-refractivity contribution in [3.8, 4) is 0 Å². The van der Waals surface area contributed by atoms with Crippen LogP contribution in [0.3, 0.4) is 0 Å². The number of rotatable bonds is 4. The molecule has 1 atom stereocenters. The van der Waals surface area contributed by atoms with Gasteiger partial charge in [0, 0.05) is 13.2 Å². The molecule has 0 bridgehead atoms. The van der Waals surface area contributed by atoms with Crippen LogP contribution in [0.25, 0.3) is 0 Å². The number of carbonyl (C=O) groups is 2. The number of nitrogens with one attached hydrogen (secondary N) is 1. The van der Waals surface area contributed by atoms with E-state index in [4.69, 9.17) is 10.5 Å². The number of primary amides is 1. The second-order valence-electron chi connectivity index (χ2n) is 5.22. The van der Waals surface area contributed by atoms with Gasteiger partial charge in [-0.3, -0.25) is 9.59 Å². The lowest BCUT2D eigenvalue weighted by Gasteiger charge is -2.39. The molecule has 0 aromatic heterocycles. The lowest BCUT2D eigenvalue weighted by atomic mass is 9.77. The molecule has 6 nitrogen and oxygen atoms in total. The van der Waals surface area contributed by atoms with Gasteiger partial charge in [-0.2, -0.15) is 0 Å². The third kappa shape index (κ3) is 3.59. The van der Waals surface area contributed by atoms with Gasteiger partial charge in [-0.1, -0.05) is 30.3 Å². The maximum Gasteiger partial charge on any atom is 0.309 e. The quantitative estimate of drug-likeness (QED) is 0.675. The number of aliphatic hydroxyl groups is 1. The van der Waals surface area contributed by atoms with Gasteiger partial charge < -0.3 is 20.9 Å². The van der Waals surface area contributed by atoms with E-state index in [0.29, 0.717) is 31.6 Å². The molecule has 1 aliphatic rings. The van der Waals surface area contributed by atoms with Crippen LogP contribution in [0.5, 0.6) is 0 Å². The first-order chi connectivity index (χ1) is 10.0. The second kappa shape index (κ2) is 6.69. The van der Waals surface area contributed by atoms with Gasteiger partial charge in [-0.15, -0.1) is 0 Å². The number of ether oxygens (including phenoxy) is 1. The van der Waals surface area contributed by atoms with Crippen LogP contribution in [0, 0.1) is 5.92 Å². The van der Waals surface area contributed by atoms with E-state index in [1.54, 1.807) is 0 Å². The molecular weight excluding hydrogens is 272 g/mol. The molecule has 0 spiro atoms. The van der Waals surface area contributed by atoms with Crippen LogP contribution >= 0.6 is 0 Å². The van der Waals surface area contributed by atoms with Gasteiger partial charge in [-0.25, -0.2) is 0 Å². The number of amides is 2. The van der Waals surface area contributed by atoms with Crippen LogP contribution in [0.15, 0.2) is 30.3 Å². The summed E-state index contributed by atoms with van der Waals surface area (Å²) in [5.74, 6) is -2.00. The van der Waals surface area contributed by atoms with Crippen molar-refractivity contribution < 1.29 is 19.4 Å². The zero-order valence-corrected chi connectivity index (χ0v) is 11.7. The van der Waals surface area contributed by atoms with Gasteiger partial charge in [0.2, 0.25) is 0 Å². The van der Waals surface area contributed by atoms with Crippen LogP contribution in [0.2, 0.25) is 0 Å². The number of hydrogen-bond donors (Lipinski definition) is 3. The molecule has 1 aliphatic heterocycles. The standard InChI is InChI=1S/C15H20N2O4/c16-13(18)14(19)17-10-15(20,11-4-2-1-3-5-11)12-6-8-21-9-7-12/h1-5,12,20H,6-10H2,(H2,16,18)(H,17,19)/t15-/m1/s1. The van der Waals surface area contributed by atoms with E-state index in [9.17, 15) is 14.7 Å². The minimum absolute atomic E-state index is 0.0521. The lowest BCUT2D eigenvalue weighted by Crippen LogP contribution is -2.49. The predicted molar refractivity (Wildman–Crippen MR) is 76.1 cm³/mol. The Morgan fingerprint density at radius 2 is 1.90 bits per heavy atom. The SMILES string of the molecule is NC(=O)C(=O)NC[C@@](O)(c1ccccc1)C1CCOCC1. The topological polar surface area (TPSA) is 102 Å². The highest BCUT2D eigenvalue weighted by Gasteiger charge is 2.39. The smallest absolute Gasteiger partial charge is 0.309 e. The maximum absolute atomic E-state index is 11.4. The van der Waals surface area contributed by atoms with E-state index in [2.05, 4.69) is 5.32 Å². The molecule has 1 fully saturated rings. The van der Waals surface area contributed by atoms with Crippen LogP contribution in [-0.2, 0) is 19.9 Å². The monoisotopic (exact) mass is 292 g/mol. The average molecular weight is 292 g/mol. The van der Waals surface area contributed by atoms with Crippen LogP contribution in [-0.4, -0.2) is 36.7 Å². The van der Waals surface area contributed by atoms with E-state index in [1.165, 1.54) is 0 Å². The molecule has 0 aliphatic carbocycles. The molecule has 4 N–H and O–H groups in total. The number of carbonyl (C=O) groups excluding carboxylic acids is 2. The van der Waals surface area contributed by atoms with Gasteiger partial charge in [0.25, 0.3) is 0 Å². The number of nitrogens with two attached hydrogens (primary N) is 1. The van der Waals surface area contributed by atoms with Crippen molar-refractivity contribution >= 4 is 11.8 Å². The summed E-state index contributed by atoms with van der Waals surface area (Å²) in [6.45, 7) is 1.09. The lowest BCUT2D eigenvalue weighted by molar-refractivity contribution is -0.139. The molecule has 0 saturated carbocycles. The Morgan fingerprint density at radius 3 is 2.48 bits per heavy atom. The molecule has 6 heteroatoms.